The third kappa shape index (κ3) is 6.48. The van der Waals surface area contributed by atoms with Gasteiger partial charge in [-0.15, -0.1) is 6.42 Å². The fraction of sp³-hybridized carbons (Fsp3) is 0.448. The van der Waals surface area contributed by atoms with E-state index >= 15 is 0 Å². The van der Waals surface area contributed by atoms with Crippen LogP contribution in [0.5, 0.6) is 11.5 Å². The molecule has 0 unspecified atom stereocenters. The Balaban J connectivity index is 1.33. The average Bonchev–Trinajstić information content (AvgIpc) is 3.39. The van der Waals surface area contributed by atoms with E-state index in [9.17, 15) is 9.59 Å². The molecule has 0 aliphatic heterocycles. The summed E-state index contributed by atoms with van der Waals surface area (Å²) >= 11 is 0. The highest BCUT2D eigenvalue weighted by molar-refractivity contribution is 5.76. The normalized spacial score (nSPS) is 16.8. The van der Waals surface area contributed by atoms with Gasteiger partial charge in [0.25, 0.3) is 0 Å². The molecule has 172 valence electrons. The molecule has 4 heteroatoms. The lowest BCUT2D eigenvalue weighted by Crippen LogP contribution is -2.22. The van der Waals surface area contributed by atoms with Gasteiger partial charge in [-0.1, -0.05) is 50.2 Å². The highest BCUT2D eigenvalue weighted by Crippen LogP contribution is 2.28. The molecule has 2 aromatic rings. The topological polar surface area (TPSA) is 52.6 Å². The van der Waals surface area contributed by atoms with Crippen LogP contribution in [0, 0.1) is 24.2 Å². The van der Waals surface area contributed by atoms with Gasteiger partial charge in [-0.25, -0.2) is 0 Å². The molecule has 0 bridgehead atoms. The maximum Gasteiger partial charge on any atom is 0.314 e. The molecule has 2 saturated carbocycles. The summed E-state index contributed by atoms with van der Waals surface area (Å²) in [4.78, 5) is 24.7. The molecule has 0 amide bonds. The van der Waals surface area contributed by atoms with Crippen molar-refractivity contribution in [3.8, 4) is 23.8 Å². The standard InChI is InChI=1S/C29H32O4/c1-2-21-18-23(20-27(19-21)33-29(31)25-10-6-7-11-25)13-12-22-14-16-26(17-15-22)32-28(30)24-8-4-3-5-9-24/h1,14-20,24-25H,3-13H2. The summed E-state index contributed by atoms with van der Waals surface area (Å²) in [5.41, 5.74) is 2.89. The molecule has 2 aliphatic rings. The van der Waals surface area contributed by atoms with E-state index in [4.69, 9.17) is 15.9 Å². The number of hydrogen-bond acceptors (Lipinski definition) is 4. The van der Waals surface area contributed by atoms with Gasteiger partial charge < -0.3 is 9.47 Å². The molecule has 4 nitrogen and oxygen atoms in total. The summed E-state index contributed by atoms with van der Waals surface area (Å²) in [5.74, 6) is 3.59. The largest absolute Gasteiger partial charge is 0.426 e. The van der Waals surface area contributed by atoms with E-state index in [2.05, 4.69) is 5.92 Å². The zero-order valence-electron chi connectivity index (χ0n) is 19.2. The lowest BCUT2D eigenvalue weighted by atomic mass is 9.89. The first kappa shape index (κ1) is 23.1. The molecule has 0 N–H and O–H groups in total. The zero-order valence-corrected chi connectivity index (χ0v) is 19.2. The second-order valence-electron chi connectivity index (χ2n) is 9.31. The van der Waals surface area contributed by atoms with Gasteiger partial charge in [0.2, 0.25) is 0 Å². The number of rotatable bonds is 7. The van der Waals surface area contributed by atoms with Crippen molar-refractivity contribution in [2.75, 3.05) is 0 Å². The fourth-order valence-corrected chi connectivity index (χ4v) is 4.86. The monoisotopic (exact) mass is 444 g/mol. The fourth-order valence-electron chi connectivity index (χ4n) is 4.86. The second kappa shape index (κ2) is 11.2. The number of aryl methyl sites for hydroxylation is 2. The molecule has 0 atom stereocenters. The predicted octanol–water partition coefficient (Wildman–Crippen LogP) is 6.03. The van der Waals surface area contributed by atoms with Crippen LogP contribution in [0.3, 0.4) is 0 Å². The SMILES string of the molecule is C#Cc1cc(CCc2ccc(OC(=O)C3CCCCC3)cc2)cc(OC(=O)C2CCCC2)c1. The smallest absolute Gasteiger partial charge is 0.314 e. The number of esters is 2. The Morgan fingerprint density at radius 2 is 1.27 bits per heavy atom. The van der Waals surface area contributed by atoms with Crippen LogP contribution in [0.25, 0.3) is 0 Å². The molecule has 2 aliphatic carbocycles. The summed E-state index contributed by atoms with van der Waals surface area (Å²) in [6.45, 7) is 0. The number of hydrogen-bond donors (Lipinski definition) is 0. The van der Waals surface area contributed by atoms with Crippen LogP contribution in [0.4, 0.5) is 0 Å². The quantitative estimate of drug-likeness (QED) is 0.297. The van der Waals surface area contributed by atoms with Gasteiger partial charge in [0, 0.05) is 5.56 Å². The number of carbonyl (C=O) groups excluding carboxylic acids is 2. The molecule has 2 aromatic carbocycles. The number of carbonyl (C=O) groups is 2. The van der Waals surface area contributed by atoms with E-state index < -0.39 is 0 Å². The highest BCUT2D eigenvalue weighted by atomic mass is 16.5. The minimum absolute atomic E-state index is 0.00803. The summed E-state index contributed by atoms with van der Waals surface area (Å²) in [6.07, 6.45) is 16.5. The number of ether oxygens (including phenoxy) is 2. The molecule has 2 fully saturated rings. The lowest BCUT2D eigenvalue weighted by molar-refractivity contribution is -0.140. The summed E-state index contributed by atoms with van der Waals surface area (Å²) in [7, 11) is 0. The van der Waals surface area contributed by atoms with Crippen LogP contribution in [0.1, 0.15) is 74.5 Å². The Hall–Kier alpha value is -3.06. The number of terminal acetylenes is 1. The van der Waals surface area contributed by atoms with Crippen molar-refractivity contribution in [3.63, 3.8) is 0 Å². The van der Waals surface area contributed by atoms with E-state index in [1.807, 2.05) is 36.4 Å². The molecule has 33 heavy (non-hydrogen) atoms. The van der Waals surface area contributed by atoms with Crippen LogP contribution in [-0.4, -0.2) is 11.9 Å². The Morgan fingerprint density at radius 3 is 1.88 bits per heavy atom. The van der Waals surface area contributed by atoms with Gasteiger partial charge in [0.15, 0.2) is 0 Å². The van der Waals surface area contributed by atoms with Crippen molar-refractivity contribution in [2.24, 2.45) is 11.8 Å². The van der Waals surface area contributed by atoms with Crippen molar-refractivity contribution in [1.29, 1.82) is 0 Å². The van der Waals surface area contributed by atoms with Crippen molar-refractivity contribution in [2.45, 2.75) is 70.6 Å². The Labute approximate surface area is 196 Å². The molecular weight excluding hydrogens is 412 g/mol. The first-order chi connectivity index (χ1) is 16.1. The maximum atomic E-state index is 12.4. The highest BCUT2D eigenvalue weighted by Gasteiger charge is 2.25. The van der Waals surface area contributed by atoms with E-state index in [0.717, 1.165) is 75.3 Å². The third-order valence-corrected chi connectivity index (χ3v) is 6.82. The minimum atomic E-state index is -0.147. The molecule has 0 saturated heterocycles. The average molecular weight is 445 g/mol. The molecule has 0 aromatic heterocycles. The maximum absolute atomic E-state index is 12.4. The van der Waals surface area contributed by atoms with Crippen molar-refractivity contribution in [3.05, 3.63) is 59.2 Å². The Bertz CT molecular complexity index is 1000. The van der Waals surface area contributed by atoms with Gasteiger partial charge in [0.1, 0.15) is 11.5 Å². The first-order valence-corrected chi connectivity index (χ1v) is 12.2. The Morgan fingerprint density at radius 1 is 0.727 bits per heavy atom. The van der Waals surface area contributed by atoms with Gasteiger partial charge in [-0.3, -0.25) is 9.59 Å². The van der Waals surface area contributed by atoms with E-state index in [1.54, 1.807) is 6.07 Å². The second-order valence-corrected chi connectivity index (χ2v) is 9.31. The van der Waals surface area contributed by atoms with E-state index in [-0.39, 0.29) is 23.8 Å². The van der Waals surface area contributed by atoms with Crippen LogP contribution < -0.4 is 9.47 Å². The summed E-state index contributed by atoms with van der Waals surface area (Å²) < 4.78 is 11.2. The molecule has 4 rings (SSSR count). The van der Waals surface area contributed by atoms with Crippen molar-refractivity contribution in [1.82, 2.24) is 0 Å². The predicted molar refractivity (Wildman–Crippen MR) is 128 cm³/mol. The van der Waals surface area contributed by atoms with E-state index in [1.165, 1.54) is 6.42 Å². The molecular formula is C29H32O4. The van der Waals surface area contributed by atoms with E-state index in [0.29, 0.717) is 17.1 Å². The summed E-state index contributed by atoms with van der Waals surface area (Å²) in [6, 6.07) is 13.4. The Kier molecular flexibility index (Phi) is 7.83. The van der Waals surface area contributed by atoms with Crippen LogP contribution in [0.2, 0.25) is 0 Å². The lowest BCUT2D eigenvalue weighted by Gasteiger charge is -2.19. The van der Waals surface area contributed by atoms with Crippen LogP contribution in [-0.2, 0) is 22.4 Å². The van der Waals surface area contributed by atoms with Gasteiger partial charge >= 0.3 is 11.9 Å². The zero-order chi connectivity index (χ0) is 23.0. The molecule has 0 radical (unpaired) electrons. The van der Waals surface area contributed by atoms with Gasteiger partial charge in [-0.2, -0.15) is 0 Å². The van der Waals surface area contributed by atoms with Gasteiger partial charge in [-0.05, 0) is 80.0 Å². The van der Waals surface area contributed by atoms with Crippen LogP contribution in [0.15, 0.2) is 42.5 Å². The minimum Gasteiger partial charge on any atom is -0.426 e. The molecule has 0 heterocycles. The summed E-state index contributed by atoms with van der Waals surface area (Å²) in [5, 5.41) is 0. The van der Waals surface area contributed by atoms with Gasteiger partial charge in [0.05, 0.1) is 11.8 Å². The van der Waals surface area contributed by atoms with Crippen molar-refractivity contribution >= 4 is 11.9 Å². The third-order valence-electron chi connectivity index (χ3n) is 6.82. The number of benzene rings is 2. The van der Waals surface area contributed by atoms with Crippen molar-refractivity contribution < 1.29 is 19.1 Å². The van der Waals surface area contributed by atoms with Crippen LogP contribution >= 0.6 is 0 Å². The molecule has 0 spiro atoms. The first-order valence-electron chi connectivity index (χ1n) is 12.2.